The highest BCUT2D eigenvalue weighted by molar-refractivity contribution is 5.95. The van der Waals surface area contributed by atoms with Crippen LogP contribution in [0.4, 0.5) is 10.1 Å². The summed E-state index contributed by atoms with van der Waals surface area (Å²) >= 11 is 0. The Kier molecular flexibility index (Phi) is 5.98. The smallest absolute Gasteiger partial charge is 0.254 e. The van der Waals surface area contributed by atoms with E-state index in [-0.39, 0.29) is 11.7 Å². The van der Waals surface area contributed by atoms with Gasteiger partial charge in [0, 0.05) is 37.4 Å². The summed E-state index contributed by atoms with van der Waals surface area (Å²) in [6.07, 6.45) is 6.93. The number of amides is 1. The molecule has 2 fully saturated rings. The molecule has 0 aliphatic carbocycles. The average Bonchev–Trinajstić information content (AvgIpc) is 2.61. The first-order chi connectivity index (χ1) is 12.0. The summed E-state index contributed by atoms with van der Waals surface area (Å²) in [6.45, 7) is 7.99. The largest absolute Gasteiger partial charge is 0.371 e. The molecule has 3 nitrogen and oxygen atoms in total. The fourth-order valence-electron chi connectivity index (χ4n) is 4.32. The molecular weight excluding hydrogens is 315 g/mol. The molecule has 3 rings (SSSR count). The average molecular weight is 346 g/mol. The molecule has 2 saturated heterocycles. The number of carbonyl (C=O) groups excluding carboxylic acids is 1. The van der Waals surface area contributed by atoms with E-state index in [1.165, 1.54) is 18.9 Å². The van der Waals surface area contributed by atoms with Gasteiger partial charge in [-0.2, -0.15) is 0 Å². The molecule has 0 bridgehead atoms. The number of piperidine rings is 2. The molecule has 25 heavy (non-hydrogen) atoms. The molecule has 2 heterocycles. The van der Waals surface area contributed by atoms with Crippen molar-refractivity contribution < 1.29 is 9.18 Å². The van der Waals surface area contributed by atoms with Crippen LogP contribution in [-0.4, -0.2) is 37.0 Å². The van der Waals surface area contributed by atoms with Gasteiger partial charge in [0.2, 0.25) is 0 Å². The van der Waals surface area contributed by atoms with E-state index in [1.54, 1.807) is 6.07 Å². The number of anilines is 1. The molecular formula is C21H31FN2O. The first-order valence-corrected chi connectivity index (χ1v) is 9.87. The Labute approximate surface area is 151 Å². The Morgan fingerprint density at radius 2 is 1.88 bits per heavy atom. The van der Waals surface area contributed by atoms with Crippen molar-refractivity contribution in [2.75, 3.05) is 31.1 Å². The Bertz CT molecular complexity index is 596. The SMILES string of the molecule is CC(C)C[C@@H]1CCCN(C(=O)c2cc(F)cc(N3CCCCC3)c2)C1. The van der Waals surface area contributed by atoms with Crippen LogP contribution in [0.3, 0.4) is 0 Å². The molecule has 138 valence electrons. The molecule has 1 aromatic carbocycles. The topological polar surface area (TPSA) is 23.6 Å². The van der Waals surface area contributed by atoms with E-state index in [9.17, 15) is 9.18 Å². The third kappa shape index (κ3) is 4.74. The van der Waals surface area contributed by atoms with Gasteiger partial charge in [-0.3, -0.25) is 4.79 Å². The zero-order valence-corrected chi connectivity index (χ0v) is 15.6. The van der Waals surface area contributed by atoms with Crippen LogP contribution >= 0.6 is 0 Å². The molecule has 0 N–H and O–H groups in total. The minimum atomic E-state index is -0.304. The quantitative estimate of drug-likeness (QED) is 0.788. The zero-order chi connectivity index (χ0) is 17.8. The highest BCUT2D eigenvalue weighted by Gasteiger charge is 2.26. The first-order valence-electron chi connectivity index (χ1n) is 9.87. The summed E-state index contributed by atoms with van der Waals surface area (Å²) < 4.78 is 14.2. The molecule has 1 amide bonds. The van der Waals surface area contributed by atoms with Gasteiger partial charge < -0.3 is 9.80 Å². The van der Waals surface area contributed by atoms with Crippen LogP contribution in [-0.2, 0) is 0 Å². The minimum absolute atomic E-state index is 0.00813. The Hall–Kier alpha value is -1.58. The van der Waals surface area contributed by atoms with E-state index in [0.717, 1.165) is 57.5 Å². The number of halogens is 1. The number of carbonyl (C=O) groups is 1. The summed E-state index contributed by atoms with van der Waals surface area (Å²) in [7, 11) is 0. The fourth-order valence-corrected chi connectivity index (χ4v) is 4.32. The van der Waals surface area contributed by atoms with Gasteiger partial charge in [0.05, 0.1) is 0 Å². The van der Waals surface area contributed by atoms with Crippen LogP contribution in [0.5, 0.6) is 0 Å². The predicted molar refractivity (Wildman–Crippen MR) is 101 cm³/mol. The van der Waals surface area contributed by atoms with Gasteiger partial charge in [0.1, 0.15) is 5.82 Å². The molecule has 0 saturated carbocycles. The lowest BCUT2D eigenvalue weighted by Crippen LogP contribution is -2.40. The highest BCUT2D eigenvalue weighted by Crippen LogP contribution is 2.27. The molecule has 0 aromatic heterocycles. The third-order valence-electron chi connectivity index (χ3n) is 5.46. The molecule has 4 heteroatoms. The van der Waals surface area contributed by atoms with Gasteiger partial charge >= 0.3 is 0 Å². The van der Waals surface area contributed by atoms with E-state index in [4.69, 9.17) is 0 Å². The summed E-state index contributed by atoms with van der Waals surface area (Å²) in [6, 6.07) is 4.87. The van der Waals surface area contributed by atoms with Crippen molar-refractivity contribution in [3.63, 3.8) is 0 Å². The van der Waals surface area contributed by atoms with Crippen LogP contribution in [0.1, 0.15) is 62.7 Å². The predicted octanol–water partition coefficient (Wildman–Crippen LogP) is 4.71. The fraction of sp³-hybridized carbons (Fsp3) is 0.667. The second-order valence-electron chi connectivity index (χ2n) is 8.13. The van der Waals surface area contributed by atoms with Gasteiger partial charge in [0.15, 0.2) is 0 Å². The minimum Gasteiger partial charge on any atom is -0.371 e. The van der Waals surface area contributed by atoms with Gasteiger partial charge in [-0.1, -0.05) is 13.8 Å². The van der Waals surface area contributed by atoms with Crippen molar-refractivity contribution in [2.24, 2.45) is 11.8 Å². The summed E-state index contributed by atoms with van der Waals surface area (Å²) in [5, 5.41) is 0. The summed E-state index contributed by atoms with van der Waals surface area (Å²) in [5.74, 6) is 0.918. The van der Waals surface area contributed by atoms with Crippen molar-refractivity contribution in [1.82, 2.24) is 4.90 Å². The van der Waals surface area contributed by atoms with Gasteiger partial charge in [0.25, 0.3) is 5.91 Å². The van der Waals surface area contributed by atoms with Crippen molar-refractivity contribution in [2.45, 2.75) is 52.4 Å². The molecule has 2 aliphatic rings. The maximum absolute atomic E-state index is 14.2. The van der Waals surface area contributed by atoms with Crippen LogP contribution in [0.25, 0.3) is 0 Å². The second kappa shape index (κ2) is 8.20. The molecule has 1 atom stereocenters. The van der Waals surface area contributed by atoms with E-state index in [1.807, 2.05) is 11.0 Å². The number of likely N-dealkylation sites (tertiary alicyclic amines) is 1. The number of hydrogen-bond acceptors (Lipinski definition) is 2. The van der Waals surface area contributed by atoms with E-state index < -0.39 is 0 Å². The lowest BCUT2D eigenvalue weighted by Gasteiger charge is -2.34. The molecule has 2 aliphatic heterocycles. The number of benzene rings is 1. The second-order valence-corrected chi connectivity index (χ2v) is 8.13. The first kappa shape index (κ1) is 18.2. The Morgan fingerprint density at radius 3 is 2.60 bits per heavy atom. The van der Waals surface area contributed by atoms with Crippen LogP contribution in [0.2, 0.25) is 0 Å². The lowest BCUT2D eigenvalue weighted by atomic mass is 9.89. The Balaban J connectivity index is 1.73. The van der Waals surface area contributed by atoms with Crippen LogP contribution < -0.4 is 4.90 Å². The molecule has 0 unspecified atom stereocenters. The van der Waals surface area contributed by atoms with Gasteiger partial charge in [-0.05, 0) is 68.6 Å². The lowest BCUT2D eigenvalue weighted by molar-refractivity contribution is 0.0659. The molecule has 1 aromatic rings. The van der Waals surface area contributed by atoms with Crippen molar-refractivity contribution in [1.29, 1.82) is 0 Å². The summed E-state index contributed by atoms with van der Waals surface area (Å²) in [4.78, 5) is 17.1. The van der Waals surface area contributed by atoms with Crippen molar-refractivity contribution in [3.8, 4) is 0 Å². The monoisotopic (exact) mass is 346 g/mol. The van der Waals surface area contributed by atoms with Gasteiger partial charge in [-0.25, -0.2) is 4.39 Å². The maximum atomic E-state index is 14.2. The van der Waals surface area contributed by atoms with E-state index in [2.05, 4.69) is 18.7 Å². The van der Waals surface area contributed by atoms with E-state index >= 15 is 0 Å². The van der Waals surface area contributed by atoms with E-state index in [0.29, 0.717) is 17.4 Å². The maximum Gasteiger partial charge on any atom is 0.254 e. The standard InChI is InChI=1S/C21H31FN2O/c1-16(2)11-17-7-6-10-24(15-17)21(25)18-12-19(22)14-20(13-18)23-8-4-3-5-9-23/h12-14,16-17H,3-11,15H2,1-2H3/t17-/m0/s1. The molecule has 0 radical (unpaired) electrons. The van der Waals surface area contributed by atoms with Crippen molar-refractivity contribution in [3.05, 3.63) is 29.6 Å². The number of hydrogen-bond donors (Lipinski definition) is 0. The van der Waals surface area contributed by atoms with Gasteiger partial charge in [-0.15, -0.1) is 0 Å². The van der Waals surface area contributed by atoms with Crippen LogP contribution in [0.15, 0.2) is 18.2 Å². The normalized spacial score (nSPS) is 21.7. The Morgan fingerprint density at radius 1 is 1.12 bits per heavy atom. The zero-order valence-electron chi connectivity index (χ0n) is 15.6. The van der Waals surface area contributed by atoms with Crippen molar-refractivity contribution >= 4 is 11.6 Å². The number of nitrogens with zero attached hydrogens (tertiary/aromatic N) is 2. The number of rotatable bonds is 4. The highest BCUT2D eigenvalue weighted by atomic mass is 19.1. The molecule has 0 spiro atoms. The van der Waals surface area contributed by atoms with Crippen LogP contribution in [0, 0.1) is 17.7 Å². The third-order valence-corrected chi connectivity index (χ3v) is 5.46. The summed E-state index contributed by atoms with van der Waals surface area (Å²) in [5.41, 5.74) is 1.37.